The molecule has 1 aromatic heterocycles. The number of aromatic nitrogens is 1. The summed E-state index contributed by atoms with van der Waals surface area (Å²) in [6.07, 6.45) is 7.30. The lowest BCUT2D eigenvalue weighted by Gasteiger charge is -2.20. The van der Waals surface area contributed by atoms with Crippen molar-refractivity contribution >= 4 is 11.5 Å². The quantitative estimate of drug-likeness (QED) is 0.846. The summed E-state index contributed by atoms with van der Waals surface area (Å²) >= 11 is 0. The van der Waals surface area contributed by atoms with Crippen LogP contribution in [0.4, 0.5) is 11.5 Å². The number of hydrogen-bond acceptors (Lipinski definition) is 3. The first-order chi connectivity index (χ1) is 8.33. The molecule has 0 saturated heterocycles. The monoisotopic (exact) mass is 233 g/mol. The first-order valence-electron chi connectivity index (χ1n) is 6.81. The van der Waals surface area contributed by atoms with Crippen LogP contribution in [0, 0.1) is 0 Å². The summed E-state index contributed by atoms with van der Waals surface area (Å²) in [4.78, 5) is 6.79. The molecule has 2 rings (SSSR count). The summed E-state index contributed by atoms with van der Waals surface area (Å²) in [7, 11) is 0. The lowest BCUT2D eigenvalue weighted by Crippen LogP contribution is -2.23. The molecule has 3 heteroatoms. The van der Waals surface area contributed by atoms with Crippen LogP contribution in [-0.2, 0) is 0 Å². The van der Waals surface area contributed by atoms with Crippen molar-refractivity contribution in [2.75, 3.05) is 23.3 Å². The summed E-state index contributed by atoms with van der Waals surface area (Å²) < 4.78 is 0. The molecular formula is C14H23N3. The van der Waals surface area contributed by atoms with E-state index in [4.69, 9.17) is 0 Å². The molecule has 0 amide bonds. The summed E-state index contributed by atoms with van der Waals surface area (Å²) in [5.41, 5.74) is 1.16. The van der Waals surface area contributed by atoms with Crippen molar-refractivity contribution in [2.45, 2.75) is 45.6 Å². The SMILES string of the molecule is CCN(CC)c1ccc(NC2CCCC2)cn1. The highest BCUT2D eigenvalue weighted by Gasteiger charge is 2.14. The first-order valence-corrected chi connectivity index (χ1v) is 6.81. The Kier molecular flexibility index (Phi) is 4.24. The van der Waals surface area contributed by atoms with E-state index in [1.165, 1.54) is 25.7 Å². The van der Waals surface area contributed by atoms with Gasteiger partial charge in [-0.1, -0.05) is 12.8 Å². The smallest absolute Gasteiger partial charge is 0.128 e. The molecular weight excluding hydrogens is 210 g/mol. The molecule has 1 aliphatic carbocycles. The van der Waals surface area contributed by atoms with Crippen LogP contribution in [0.25, 0.3) is 0 Å². The van der Waals surface area contributed by atoms with Gasteiger partial charge in [-0.2, -0.15) is 0 Å². The molecule has 3 nitrogen and oxygen atoms in total. The first kappa shape index (κ1) is 12.2. The number of hydrogen-bond donors (Lipinski definition) is 1. The molecule has 1 N–H and O–H groups in total. The van der Waals surface area contributed by atoms with Crippen LogP contribution in [0.1, 0.15) is 39.5 Å². The molecule has 1 heterocycles. The predicted molar refractivity (Wildman–Crippen MR) is 73.7 cm³/mol. The molecule has 0 radical (unpaired) electrons. The van der Waals surface area contributed by atoms with Crippen molar-refractivity contribution in [1.29, 1.82) is 0 Å². The van der Waals surface area contributed by atoms with E-state index in [2.05, 4.69) is 41.2 Å². The third-order valence-electron chi connectivity index (χ3n) is 3.56. The lowest BCUT2D eigenvalue weighted by molar-refractivity contribution is 0.754. The minimum atomic E-state index is 0.663. The molecule has 0 unspecified atom stereocenters. The van der Waals surface area contributed by atoms with Gasteiger partial charge in [0.15, 0.2) is 0 Å². The van der Waals surface area contributed by atoms with Gasteiger partial charge in [0.05, 0.1) is 11.9 Å². The van der Waals surface area contributed by atoms with Gasteiger partial charge in [0.2, 0.25) is 0 Å². The Morgan fingerprint density at radius 1 is 1.24 bits per heavy atom. The van der Waals surface area contributed by atoms with E-state index in [0.29, 0.717) is 6.04 Å². The lowest BCUT2D eigenvalue weighted by atomic mass is 10.2. The number of anilines is 2. The van der Waals surface area contributed by atoms with Crippen molar-refractivity contribution in [3.8, 4) is 0 Å². The summed E-state index contributed by atoms with van der Waals surface area (Å²) in [6.45, 7) is 6.35. The van der Waals surface area contributed by atoms with E-state index in [-0.39, 0.29) is 0 Å². The summed E-state index contributed by atoms with van der Waals surface area (Å²) in [6, 6.07) is 4.93. The molecule has 1 aliphatic rings. The molecule has 0 aliphatic heterocycles. The second kappa shape index (κ2) is 5.89. The third kappa shape index (κ3) is 3.11. The van der Waals surface area contributed by atoms with Crippen molar-refractivity contribution in [3.05, 3.63) is 18.3 Å². The fraction of sp³-hybridized carbons (Fsp3) is 0.643. The van der Waals surface area contributed by atoms with Crippen molar-refractivity contribution in [2.24, 2.45) is 0 Å². The van der Waals surface area contributed by atoms with Gasteiger partial charge in [-0.05, 0) is 38.8 Å². The molecule has 1 saturated carbocycles. The average molecular weight is 233 g/mol. The highest BCUT2D eigenvalue weighted by molar-refractivity contribution is 5.49. The van der Waals surface area contributed by atoms with E-state index < -0.39 is 0 Å². The summed E-state index contributed by atoms with van der Waals surface area (Å²) in [5.74, 6) is 1.08. The Morgan fingerprint density at radius 3 is 2.47 bits per heavy atom. The molecule has 94 valence electrons. The number of nitrogens with zero attached hydrogens (tertiary/aromatic N) is 2. The Bertz CT molecular complexity index is 324. The van der Waals surface area contributed by atoms with Gasteiger partial charge in [0, 0.05) is 19.1 Å². The second-order valence-electron chi connectivity index (χ2n) is 4.70. The molecule has 1 fully saturated rings. The van der Waals surface area contributed by atoms with E-state index in [1.54, 1.807) is 0 Å². The molecule has 0 aromatic carbocycles. The van der Waals surface area contributed by atoms with Crippen LogP contribution in [0.15, 0.2) is 18.3 Å². The van der Waals surface area contributed by atoms with Crippen molar-refractivity contribution in [1.82, 2.24) is 4.98 Å². The molecule has 0 spiro atoms. The van der Waals surface area contributed by atoms with Gasteiger partial charge in [-0.3, -0.25) is 0 Å². The Morgan fingerprint density at radius 2 is 1.94 bits per heavy atom. The zero-order chi connectivity index (χ0) is 12.1. The van der Waals surface area contributed by atoms with Gasteiger partial charge in [-0.15, -0.1) is 0 Å². The van der Waals surface area contributed by atoms with E-state index in [9.17, 15) is 0 Å². The van der Waals surface area contributed by atoms with Crippen molar-refractivity contribution in [3.63, 3.8) is 0 Å². The molecule has 0 bridgehead atoms. The zero-order valence-corrected chi connectivity index (χ0v) is 10.9. The second-order valence-corrected chi connectivity index (χ2v) is 4.70. The predicted octanol–water partition coefficient (Wildman–Crippen LogP) is 3.28. The van der Waals surface area contributed by atoms with Crippen LogP contribution in [-0.4, -0.2) is 24.1 Å². The number of nitrogens with one attached hydrogen (secondary N) is 1. The Hall–Kier alpha value is -1.25. The van der Waals surface area contributed by atoms with Gasteiger partial charge in [-0.25, -0.2) is 4.98 Å². The minimum absolute atomic E-state index is 0.663. The van der Waals surface area contributed by atoms with E-state index in [1.807, 2.05) is 6.20 Å². The standard InChI is InChI=1S/C14H23N3/c1-3-17(4-2)14-10-9-13(11-15-14)16-12-7-5-6-8-12/h9-12,16H,3-8H2,1-2H3. The fourth-order valence-corrected chi connectivity index (χ4v) is 2.51. The van der Waals surface area contributed by atoms with Crippen LogP contribution in [0.5, 0.6) is 0 Å². The zero-order valence-electron chi connectivity index (χ0n) is 10.9. The fourth-order valence-electron chi connectivity index (χ4n) is 2.51. The van der Waals surface area contributed by atoms with Crippen LogP contribution in [0.2, 0.25) is 0 Å². The van der Waals surface area contributed by atoms with Gasteiger partial charge in [0.25, 0.3) is 0 Å². The van der Waals surface area contributed by atoms with Crippen LogP contribution >= 0.6 is 0 Å². The maximum atomic E-state index is 4.53. The number of rotatable bonds is 5. The highest BCUT2D eigenvalue weighted by Crippen LogP contribution is 2.22. The minimum Gasteiger partial charge on any atom is -0.381 e. The Balaban J connectivity index is 1.96. The van der Waals surface area contributed by atoms with Crippen LogP contribution < -0.4 is 10.2 Å². The number of pyridine rings is 1. The normalized spacial score (nSPS) is 16.1. The van der Waals surface area contributed by atoms with Gasteiger partial charge in [0.1, 0.15) is 5.82 Å². The maximum Gasteiger partial charge on any atom is 0.128 e. The van der Waals surface area contributed by atoms with E-state index >= 15 is 0 Å². The topological polar surface area (TPSA) is 28.2 Å². The van der Waals surface area contributed by atoms with Crippen LogP contribution in [0.3, 0.4) is 0 Å². The average Bonchev–Trinajstić information content (AvgIpc) is 2.86. The summed E-state index contributed by atoms with van der Waals surface area (Å²) in [5, 5.41) is 3.56. The maximum absolute atomic E-state index is 4.53. The molecule has 17 heavy (non-hydrogen) atoms. The largest absolute Gasteiger partial charge is 0.381 e. The third-order valence-corrected chi connectivity index (χ3v) is 3.56. The Labute approximate surface area is 104 Å². The highest BCUT2D eigenvalue weighted by atomic mass is 15.2. The van der Waals surface area contributed by atoms with Crippen molar-refractivity contribution < 1.29 is 0 Å². The molecule has 0 atom stereocenters. The van der Waals surface area contributed by atoms with E-state index in [0.717, 1.165) is 24.6 Å². The van der Waals surface area contributed by atoms with Gasteiger partial charge >= 0.3 is 0 Å². The van der Waals surface area contributed by atoms with Gasteiger partial charge < -0.3 is 10.2 Å². The molecule has 1 aromatic rings.